The maximum absolute atomic E-state index is 12.2. The number of carbonyl (C=O) groups excluding carboxylic acids is 1. The first-order valence-corrected chi connectivity index (χ1v) is 7.08. The molecule has 2 heterocycles. The first-order chi connectivity index (χ1) is 9.69. The number of amides is 1. The van der Waals surface area contributed by atoms with E-state index in [0.717, 1.165) is 17.8 Å². The molecule has 0 aliphatic rings. The lowest BCUT2D eigenvalue weighted by Gasteiger charge is -2.04. The van der Waals surface area contributed by atoms with Crippen LogP contribution < -0.4 is 5.32 Å². The highest BCUT2D eigenvalue weighted by Gasteiger charge is 2.14. The van der Waals surface area contributed by atoms with E-state index < -0.39 is 0 Å². The van der Waals surface area contributed by atoms with Crippen molar-refractivity contribution in [1.29, 1.82) is 0 Å². The zero-order valence-corrected chi connectivity index (χ0v) is 11.9. The molecule has 3 aromatic rings. The van der Waals surface area contributed by atoms with E-state index in [0.29, 0.717) is 15.7 Å². The van der Waals surface area contributed by atoms with E-state index in [9.17, 15) is 4.79 Å². The van der Waals surface area contributed by atoms with E-state index in [1.807, 2.05) is 32.0 Å². The van der Waals surface area contributed by atoms with Gasteiger partial charge in [0.15, 0.2) is 5.82 Å². The van der Waals surface area contributed by atoms with Gasteiger partial charge in [0.05, 0.1) is 0 Å². The summed E-state index contributed by atoms with van der Waals surface area (Å²) in [6, 6.07) is 7.45. The predicted octanol–water partition coefficient (Wildman–Crippen LogP) is 2.31. The Morgan fingerprint density at radius 2 is 2.15 bits per heavy atom. The third-order valence-electron chi connectivity index (χ3n) is 2.98. The van der Waals surface area contributed by atoms with Crippen LogP contribution in [0.25, 0.3) is 4.96 Å². The summed E-state index contributed by atoms with van der Waals surface area (Å²) in [5.74, 6) is 0.624. The first-order valence-electron chi connectivity index (χ1n) is 6.27. The second-order valence-electron chi connectivity index (χ2n) is 4.34. The van der Waals surface area contributed by atoms with Crippen LogP contribution in [-0.2, 0) is 6.42 Å². The fourth-order valence-corrected chi connectivity index (χ4v) is 2.67. The Balaban J connectivity index is 1.88. The van der Waals surface area contributed by atoms with Gasteiger partial charge in [-0.15, -0.1) is 15.3 Å². The van der Waals surface area contributed by atoms with Crippen LogP contribution in [0.1, 0.15) is 28.7 Å². The highest BCUT2D eigenvalue weighted by atomic mass is 32.1. The van der Waals surface area contributed by atoms with Gasteiger partial charge in [-0.25, -0.2) is 0 Å². The lowest BCUT2D eigenvalue weighted by Crippen LogP contribution is -2.13. The average molecular weight is 287 g/mol. The normalized spacial score (nSPS) is 10.9. The molecule has 1 aromatic carbocycles. The molecule has 2 aromatic heterocycles. The predicted molar refractivity (Wildman–Crippen MR) is 77.2 cm³/mol. The van der Waals surface area contributed by atoms with Crippen molar-refractivity contribution in [3.05, 3.63) is 41.2 Å². The van der Waals surface area contributed by atoms with Crippen LogP contribution in [0.15, 0.2) is 24.3 Å². The molecule has 102 valence electrons. The zero-order chi connectivity index (χ0) is 14.1. The monoisotopic (exact) mass is 287 g/mol. The van der Waals surface area contributed by atoms with Gasteiger partial charge >= 0.3 is 0 Å². The van der Waals surface area contributed by atoms with Crippen LogP contribution in [0.2, 0.25) is 0 Å². The summed E-state index contributed by atoms with van der Waals surface area (Å²) >= 11 is 1.31. The molecule has 1 N–H and O–H groups in total. The number of hydrogen-bond donors (Lipinski definition) is 1. The van der Waals surface area contributed by atoms with Crippen molar-refractivity contribution in [3.8, 4) is 0 Å². The minimum absolute atomic E-state index is 0.161. The van der Waals surface area contributed by atoms with Gasteiger partial charge in [-0.1, -0.05) is 36.5 Å². The Hall–Kier alpha value is -2.28. The van der Waals surface area contributed by atoms with Gasteiger partial charge in [0, 0.05) is 12.0 Å². The maximum atomic E-state index is 12.2. The van der Waals surface area contributed by atoms with Crippen molar-refractivity contribution in [2.45, 2.75) is 20.3 Å². The number of benzene rings is 1. The molecule has 0 bridgehead atoms. The fraction of sp³-hybridized carbons (Fsp3) is 0.231. The highest BCUT2D eigenvalue weighted by Crippen LogP contribution is 2.20. The summed E-state index contributed by atoms with van der Waals surface area (Å²) in [6.45, 7) is 3.89. The smallest absolute Gasteiger partial charge is 0.257 e. The molecular formula is C13H13N5OS. The van der Waals surface area contributed by atoms with E-state index in [1.54, 1.807) is 10.6 Å². The minimum atomic E-state index is -0.161. The number of nitrogens with one attached hydrogen (secondary N) is 1. The molecule has 0 atom stereocenters. The summed E-state index contributed by atoms with van der Waals surface area (Å²) in [4.78, 5) is 12.9. The largest absolute Gasteiger partial charge is 0.296 e. The van der Waals surface area contributed by atoms with Gasteiger partial charge in [-0.2, -0.15) is 4.52 Å². The Labute approximate surface area is 119 Å². The van der Waals surface area contributed by atoms with Crippen LogP contribution in [0.4, 0.5) is 5.13 Å². The van der Waals surface area contributed by atoms with Crippen molar-refractivity contribution < 1.29 is 4.79 Å². The minimum Gasteiger partial charge on any atom is -0.296 e. The second kappa shape index (κ2) is 5.01. The quantitative estimate of drug-likeness (QED) is 0.802. The van der Waals surface area contributed by atoms with Gasteiger partial charge in [-0.05, 0) is 18.6 Å². The molecule has 0 aliphatic carbocycles. The summed E-state index contributed by atoms with van der Waals surface area (Å²) < 4.78 is 1.66. The molecule has 0 spiro atoms. The molecule has 0 aliphatic heterocycles. The molecule has 6 nitrogen and oxygen atoms in total. The number of hydrogen-bond acceptors (Lipinski definition) is 5. The van der Waals surface area contributed by atoms with E-state index in [4.69, 9.17) is 0 Å². The van der Waals surface area contributed by atoms with Gasteiger partial charge in [-0.3, -0.25) is 10.1 Å². The number of anilines is 1. The molecular weight excluding hydrogens is 274 g/mol. The van der Waals surface area contributed by atoms with Crippen LogP contribution >= 0.6 is 11.3 Å². The van der Waals surface area contributed by atoms with Crippen molar-refractivity contribution in [3.63, 3.8) is 0 Å². The molecule has 0 radical (unpaired) electrons. The van der Waals surface area contributed by atoms with Crippen LogP contribution in [-0.4, -0.2) is 25.7 Å². The Kier molecular flexibility index (Phi) is 3.19. The number of rotatable bonds is 3. The zero-order valence-electron chi connectivity index (χ0n) is 11.1. The standard InChI is InChI=1S/C13H13N5OS/c1-3-10-15-16-13-18(10)17-12(20-13)14-11(19)9-7-5-4-6-8(9)2/h4-7H,3H2,1-2H3,(H,14,17,19). The van der Waals surface area contributed by atoms with Crippen LogP contribution in [0, 0.1) is 6.92 Å². The Morgan fingerprint density at radius 3 is 2.90 bits per heavy atom. The van der Waals surface area contributed by atoms with Gasteiger partial charge in [0.1, 0.15) is 0 Å². The van der Waals surface area contributed by atoms with Crippen molar-refractivity contribution in [2.24, 2.45) is 0 Å². The fourth-order valence-electron chi connectivity index (χ4n) is 1.92. The molecule has 1 amide bonds. The van der Waals surface area contributed by atoms with Crippen molar-refractivity contribution in [2.75, 3.05) is 5.32 Å². The number of nitrogens with zero attached hydrogens (tertiary/aromatic N) is 4. The average Bonchev–Trinajstić information content (AvgIpc) is 2.98. The Morgan fingerprint density at radius 1 is 1.35 bits per heavy atom. The van der Waals surface area contributed by atoms with Gasteiger partial charge < -0.3 is 0 Å². The summed E-state index contributed by atoms with van der Waals surface area (Å²) in [5.41, 5.74) is 1.58. The first kappa shape index (κ1) is 12.7. The molecule has 0 unspecified atom stereocenters. The number of carbonyl (C=O) groups is 1. The van der Waals surface area contributed by atoms with Crippen LogP contribution in [0.5, 0.6) is 0 Å². The lowest BCUT2D eigenvalue weighted by molar-refractivity contribution is 0.102. The SMILES string of the molecule is CCc1nnc2sc(NC(=O)c3ccccc3C)nn12. The van der Waals surface area contributed by atoms with Crippen molar-refractivity contribution in [1.82, 2.24) is 19.8 Å². The summed E-state index contributed by atoms with van der Waals surface area (Å²) in [7, 11) is 0. The van der Waals surface area contributed by atoms with E-state index in [-0.39, 0.29) is 5.91 Å². The topological polar surface area (TPSA) is 72.2 Å². The molecule has 3 rings (SSSR count). The second-order valence-corrected chi connectivity index (χ2v) is 5.30. The summed E-state index contributed by atoms with van der Waals surface area (Å²) in [5, 5.41) is 15.7. The number of aryl methyl sites for hydroxylation is 2. The van der Waals surface area contributed by atoms with E-state index in [2.05, 4.69) is 20.6 Å². The molecule has 0 saturated carbocycles. The highest BCUT2D eigenvalue weighted by molar-refractivity contribution is 7.20. The molecule has 20 heavy (non-hydrogen) atoms. The number of fused-ring (bicyclic) bond motifs is 1. The third-order valence-corrected chi connectivity index (χ3v) is 3.80. The Bertz CT molecular complexity index is 776. The lowest BCUT2D eigenvalue weighted by atomic mass is 10.1. The molecule has 0 fully saturated rings. The number of aromatic nitrogens is 4. The third kappa shape index (κ3) is 2.16. The van der Waals surface area contributed by atoms with Gasteiger partial charge in [0.25, 0.3) is 5.91 Å². The van der Waals surface area contributed by atoms with E-state index in [1.165, 1.54) is 11.3 Å². The maximum Gasteiger partial charge on any atom is 0.257 e. The van der Waals surface area contributed by atoms with Crippen molar-refractivity contribution >= 4 is 27.3 Å². The van der Waals surface area contributed by atoms with Gasteiger partial charge in [0.2, 0.25) is 10.1 Å². The van der Waals surface area contributed by atoms with Crippen LogP contribution in [0.3, 0.4) is 0 Å². The molecule has 0 saturated heterocycles. The van der Waals surface area contributed by atoms with E-state index >= 15 is 0 Å². The molecule has 7 heteroatoms. The summed E-state index contributed by atoms with van der Waals surface area (Å²) in [6.07, 6.45) is 0.746.